The van der Waals surface area contributed by atoms with Crippen LogP contribution in [-0.2, 0) is 14.3 Å². The van der Waals surface area contributed by atoms with Gasteiger partial charge in [0.1, 0.15) is 10.6 Å². The molecular formula is C14H17N4O4+. The van der Waals surface area contributed by atoms with Crippen LogP contribution >= 0.6 is 0 Å². The molecule has 22 heavy (non-hydrogen) atoms. The van der Waals surface area contributed by atoms with Gasteiger partial charge >= 0.3 is 5.97 Å². The summed E-state index contributed by atoms with van der Waals surface area (Å²) in [5.41, 5.74) is 7.43. The van der Waals surface area contributed by atoms with E-state index in [0.29, 0.717) is 24.3 Å². The number of amides is 1. The maximum Gasteiger partial charge on any atom is 0.338 e. The number of nitrogens with zero attached hydrogens (tertiary/aromatic N) is 3. The fourth-order valence-electron chi connectivity index (χ4n) is 1.68. The summed E-state index contributed by atoms with van der Waals surface area (Å²) in [6.07, 6.45) is 0.718. The lowest BCUT2D eigenvalue weighted by atomic mass is 10.2. The van der Waals surface area contributed by atoms with Gasteiger partial charge in [0.25, 0.3) is 0 Å². The van der Waals surface area contributed by atoms with Crippen LogP contribution in [0.25, 0.3) is 0 Å². The molecule has 0 saturated carbocycles. The van der Waals surface area contributed by atoms with E-state index >= 15 is 0 Å². The molecule has 1 amide bonds. The maximum absolute atomic E-state index is 11.5. The highest BCUT2D eigenvalue weighted by molar-refractivity contribution is 5.90. The van der Waals surface area contributed by atoms with Crippen molar-refractivity contribution in [1.29, 1.82) is 5.53 Å². The predicted octanol–water partition coefficient (Wildman–Crippen LogP) is 1.34. The van der Waals surface area contributed by atoms with Crippen molar-refractivity contribution < 1.29 is 19.1 Å². The van der Waals surface area contributed by atoms with E-state index in [1.807, 2.05) is 0 Å². The molecule has 0 saturated heterocycles. The van der Waals surface area contributed by atoms with Gasteiger partial charge in [-0.2, -0.15) is 0 Å². The number of hydrogen-bond acceptors (Lipinski definition) is 6. The van der Waals surface area contributed by atoms with E-state index < -0.39 is 5.97 Å². The van der Waals surface area contributed by atoms with Crippen LogP contribution in [0.5, 0.6) is 0 Å². The van der Waals surface area contributed by atoms with Gasteiger partial charge in [0.05, 0.1) is 12.2 Å². The molecule has 0 fully saturated rings. The molecule has 0 aliphatic rings. The highest BCUT2D eigenvalue weighted by Gasteiger charge is 2.11. The number of rotatable bonds is 9. The number of carbonyl (C=O) groups is 3. The maximum atomic E-state index is 11.5. The molecule has 8 heteroatoms. The van der Waals surface area contributed by atoms with Crippen molar-refractivity contribution in [2.45, 2.75) is 13.3 Å². The first-order chi connectivity index (χ1) is 10.6. The van der Waals surface area contributed by atoms with E-state index in [9.17, 15) is 14.4 Å². The predicted molar refractivity (Wildman–Crippen MR) is 77.6 cm³/mol. The van der Waals surface area contributed by atoms with Gasteiger partial charge in [0.15, 0.2) is 12.3 Å². The number of ether oxygens (including phenoxy) is 1. The Kier molecular flexibility index (Phi) is 7.15. The minimum absolute atomic E-state index is 0.109. The summed E-state index contributed by atoms with van der Waals surface area (Å²) in [6.45, 7) is 2.03. The summed E-state index contributed by atoms with van der Waals surface area (Å²) in [5.74, 6) is -0.645. The second-order valence-electron chi connectivity index (χ2n) is 4.25. The van der Waals surface area contributed by atoms with Crippen LogP contribution in [0.15, 0.2) is 29.4 Å². The molecule has 1 aromatic carbocycles. The second kappa shape index (κ2) is 9.15. The molecule has 1 rings (SSSR count). The highest BCUT2D eigenvalue weighted by Crippen LogP contribution is 2.15. The van der Waals surface area contributed by atoms with Crippen LogP contribution in [0.4, 0.5) is 5.69 Å². The van der Waals surface area contributed by atoms with E-state index in [4.69, 9.17) is 10.3 Å². The van der Waals surface area contributed by atoms with Gasteiger partial charge in [0.2, 0.25) is 11.3 Å². The van der Waals surface area contributed by atoms with E-state index in [1.165, 1.54) is 4.90 Å². The molecule has 8 nitrogen and oxygen atoms in total. The number of Topliss-reactive ketones (excluding diaryl/α,β-unsaturated/α-hetero) is 1. The van der Waals surface area contributed by atoms with Gasteiger partial charge < -0.3 is 9.64 Å². The van der Waals surface area contributed by atoms with Crippen LogP contribution in [-0.4, -0.2) is 37.9 Å². The largest absolute Gasteiger partial charge is 0.462 e. The van der Waals surface area contributed by atoms with Gasteiger partial charge in [-0.05, 0) is 31.2 Å². The number of nitrogens with one attached hydrogen (secondary N) is 1. The summed E-state index contributed by atoms with van der Waals surface area (Å²) in [5, 5.41) is 3.28. The molecular weight excluding hydrogens is 288 g/mol. The Morgan fingerprint density at radius 3 is 2.59 bits per heavy atom. The molecule has 0 aliphatic carbocycles. The van der Waals surface area contributed by atoms with Crippen LogP contribution in [0, 0.1) is 5.53 Å². The van der Waals surface area contributed by atoms with E-state index in [2.05, 4.69) is 10.0 Å². The molecule has 0 unspecified atom stereocenters. The zero-order valence-electron chi connectivity index (χ0n) is 12.2. The van der Waals surface area contributed by atoms with Crippen molar-refractivity contribution in [2.24, 2.45) is 5.11 Å². The molecule has 0 radical (unpaired) electrons. The van der Waals surface area contributed by atoms with Gasteiger partial charge in [0, 0.05) is 18.7 Å². The monoisotopic (exact) mass is 305 g/mol. The Hall–Kier alpha value is -2.86. The summed E-state index contributed by atoms with van der Waals surface area (Å²) < 4.78 is 4.87. The number of ketones is 1. The topological polar surface area (TPSA) is 114 Å². The van der Waals surface area contributed by atoms with Crippen molar-refractivity contribution >= 4 is 23.9 Å². The molecule has 0 heterocycles. The van der Waals surface area contributed by atoms with Crippen LogP contribution in [0.3, 0.4) is 0 Å². The van der Waals surface area contributed by atoms with Gasteiger partial charge in [-0.3, -0.25) is 9.59 Å². The summed E-state index contributed by atoms with van der Waals surface area (Å²) in [6, 6.07) is 6.32. The number of hydrogen-bond donors (Lipinski definition) is 1. The van der Waals surface area contributed by atoms with Gasteiger partial charge in [-0.25, -0.2) is 4.79 Å². The van der Waals surface area contributed by atoms with Crippen molar-refractivity contribution in [3.05, 3.63) is 29.8 Å². The third-order valence-electron chi connectivity index (χ3n) is 2.79. The van der Waals surface area contributed by atoms with E-state index in [0.717, 1.165) is 0 Å². The number of carbonyl (C=O) groups excluding carboxylic acids is 3. The van der Waals surface area contributed by atoms with Crippen LogP contribution in [0.2, 0.25) is 0 Å². The molecule has 1 aromatic rings. The zero-order chi connectivity index (χ0) is 16.4. The number of benzene rings is 1. The molecule has 0 bridgehead atoms. The Balaban J connectivity index is 2.67. The summed E-state index contributed by atoms with van der Waals surface area (Å²) in [7, 11) is 0. The third kappa shape index (κ3) is 5.26. The Labute approximate surface area is 127 Å². The lowest BCUT2D eigenvalue weighted by molar-refractivity contribution is -0.117. The highest BCUT2D eigenvalue weighted by atomic mass is 16.5. The van der Waals surface area contributed by atoms with Crippen LogP contribution in [0.1, 0.15) is 23.7 Å². The lowest BCUT2D eigenvalue weighted by Gasteiger charge is -2.16. The molecule has 1 N–H and O–H groups in total. The second-order valence-corrected chi connectivity index (χ2v) is 4.25. The number of anilines is 1. The van der Waals surface area contributed by atoms with Gasteiger partial charge in [-0.15, -0.1) is 0 Å². The first-order valence-electron chi connectivity index (χ1n) is 6.66. The molecule has 116 valence electrons. The molecule has 0 atom stereocenters. The first kappa shape index (κ1) is 17.2. The first-order valence-corrected chi connectivity index (χ1v) is 6.66. The Bertz CT molecular complexity index is 579. The average Bonchev–Trinajstić information content (AvgIpc) is 2.54. The normalized spacial score (nSPS) is 9.50. The Morgan fingerprint density at radius 2 is 2.05 bits per heavy atom. The van der Waals surface area contributed by atoms with Gasteiger partial charge in [-0.1, -0.05) is 0 Å². The minimum atomic E-state index is -0.428. The average molecular weight is 305 g/mol. The van der Waals surface area contributed by atoms with E-state index in [1.54, 1.807) is 31.2 Å². The van der Waals surface area contributed by atoms with Crippen LogP contribution < -0.4 is 9.81 Å². The van der Waals surface area contributed by atoms with E-state index in [-0.39, 0.29) is 25.3 Å². The van der Waals surface area contributed by atoms with Crippen molar-refractivity contribution in [1.82, 2.24) is 4.91 Å². The van der Waals surface area contributed by atoms with Crippen molar-refractivity contribution in [3.63, 3.8) is 0 Å². The zero-order valence-corrected chi connectivity index (χ0v) is 12.2. The lowest BCUT2D eigenvalue weighted by Crippen LogP contribution is -2.25. The summed E-state index contributed by atoms with van der Waals surface area (Å²) in [4.78, 5) is 38.2. The fourth-order valence-corrected chi connectivity index (χ4v) is 1.68. The molecule has 0 aliphatic heterocycles. The quantitative estimate of drug-likeness (QED) is 0.321. The smallest absolute Gasteiger partial charge is 0.338 e. The van der Waals surface area contributed by atoms with Crippen molar-refractivity contribution in [3.8, 4) is 0 Å². The minimum Gasteiger partial charge on any atom is -0.462 e. The SMILES string of the molecule is CCOC(=O)c1ccc(N(C=O)CCC(=O)CN=[N+]=N)cc1. The third-order valence-corrected chi connectivity index (χ3v) is 2.79. The fraction of sp³-hybridized carbons (Fsp3) is 0.357. The molecule has 0 spiro atoms. The van der Waals surface area contributed by atoms with Crippen molar-refractivity contribution in [2.75, 3.05) is 24.6 Å². The summed E-state index contributed by atoms with van der Waals surface area (Å²) >= 11 is 0. The molecule has 0 aromatic heterocycles. The Morgan fingerprint density at radius 1 is 1.36 bits per heavy atom. The standard InChI is InChI=1S/C14H17N4O4/c1-2-22-14(21)11-3-5-12(6-4-11)18(10-19)8-7-13(20)9-16-17-15/h3-6,10,15H,2,7-9H2,1H3/q+1. The number of esters is 1.